The summed E-state index contributed by atoms with van der Waals surface area (Å²) in [7, 11) is -8.05. The molecule has 0 aliphatic heterocycles. The Balaban J connectivity index is 0. The summed E-state index contributed by atoms with van der Waals surface area (Å²) in [5, 5.41) is 0. The van der Waals surface area contributed by atoms with E-state index in [0.29, 0.717) is 0 Å². The van der Waals surface area contributed by atoms with E-state index in [1.165, 1.54) is 6.08 Å². The van der Waals surface area contributed by atoms with E-state index in [-0.39, 0.29) is 18.9 Å². The van der Waals surface area contributed by atoms with Gasteiger partial charge in [-0.25, -0.2) is 4.57 Å². The van der Waals surface area contributed by atoms with Gasteiger partial charge in [0, 0.05) is 6.54 Å². The van der Waals surface area contributed by atoms with Crippen LogP contribution in [0.3, 0.4) is 0 Å². The van der Waals surface area contributed by atoms with Gasteiger partial charge in [0.05, 0.1) is 12.4 Å². The largest absolute Gasteiger partial charge is 0.469 e. The van der Waals surface area contributed by atoms with E-state index in [1.807, 2.05) is 0 Å². The highest BCUT2D eigenvalue weighted by Gasteiger charge is 2.10. The van der Waals surface area contributed by atoms with Crippen LogP contribution >= 0.6 is 7.82 Å². The van der Waals surface area contributed by atoms with E-state index < -0.39 is 17.9 Å². The van der Waals surface area contributed by atoms with Gasteiger partial charge < -0.3 is 15.5 Å². The third-order valence-electron chi connectivity index (χ3n) is 0.736. The predicted octanol–water partition coefficient (Wildman–Crippen LogP) is -0.885. The van der Waals surface area contributed by atoms with E-state index in [0.717, 1.165) is 0 Å². The minimum Gasteiger partial charge on any atom is -0.329 e. The summed E-state index contributed by atoms with van der Waals surface area (Å²) >= 11 is 0. The molecule has 0 atom stereocenters. The fourth-order valence-electron chi connectivity index (χ4n) is 0.299. The van der Waals surface area contributed by atoms with Crippen LogP contribution in [0.4, 0.5) is 0 Å². The van der Waals surface area contributed by atoms with E-state index >= 15 is 0 Å². The first kappa shape index (κ1) is 17.1. The quantitative estimate of drug-likeness (QED) is 0.284. The number of rotatable bonds is 5. The molecule has 0 spiro atoms. The Bertz CT molecular complexity index is 307. The molecule has 0 heterocycles. The summed E-state index contributed by atoms with van der Waals surface area (Å²) in [6, 6.07) is 0. The van der Waals surface area contributed by atoms with Crippen LogP contribution in [0.15, 0.2) is 12.7 Å². The van der Waals surface area contributed by atoms with Crippen LogP contribution in [-0.4, -0.2) is 41.7 Å². The average Bonchev–Trinajstić information content (AvgIpc) is 1.98. The summed E-state index contributed by atoms with van der Waals surface area (Å²) in [6.07, 6.45) is 1.26. The maximum atomic E-state index is 9.81. The summed E-state index contributed by atoms with van der Waals surface area (Å²) in [6.45, 7) is 3.05. The minimum atomic E-state index is -4.25. The molecule has 0 unspecified atom stereocenters. The van der Waals surface area contributed by atoms with Gasteiger partial charge >= 0.3 is 7.82 Å². The molecule has 0 saturated carbocycles. The monoisotopic (exact) mass is 263 g/mol. The van der Waals surface area contributed by atoms with Crippen molar-refractivity contribution >= 4 is 17.9 Å². The number of phosphoric acid groups is 1. The van der Waals surface area contributed by atoms with Crippen molar-refractivity contribution in [2.75, 3.05) is 18.9 Å². The van der Waals surface area contributed by atoms with Crippen LogP contribution in [0.1, 0.15) is 0 Å². The predicted molar refractivity (Wildman–Crippen MR) is 53.7 cm³/mol. The molecule has 0 fully saturated rings. The van der Waals surface area contributed by atoms with Crippen LogP contribution in [0, 0.1) is 0 Å². The lowest BCUT2D eigenvalue weighted by molar-refractivity contribution is 0.216. The molecule has 8 nitrogen and oxygen atoms in total. The van der Waals surface area contributed by atoms with Crippen molar-refractivity contribution in [1.29, 1.82) is 0 Å². The lowest BCUT2D eigenvalue weighted by Gasteiger charge is -1.98. The van der Waals surface area contributed by atoms with Crippen molar-refractivity contribution in [3.8, 4) is 0 Å². The van der Waals surface area contributed by atoms with Gasteiger partial charge in [0.15, 0.2) is 0 Å². The van der Waals surface area contributed by atoms with Gasteiger partial charge in [-0.1, -0.05) is 6.08 Å². The number of phosphoric ester groups is 1. The van der Waals surface area contributed by atoms with Crippen molar-refractivity contribution in [2.45, 2.75) is 0 Å². The van der Waals surface area contributed by atoms with Crippen molar-refractivity contribution in [2.24, 2.45) is 5.73 Å². The van der Waals surface area contributed by atoms with Crippen LogP contribution in [0.25, 0.3) is 0 Å². The highest BCUT2D eigenvalue weighted by atomic mass is 32.2. The summed E-state index contributed by atoms with van der Waals surface area (Å²) in [5.74, 6) is -0.354. The van der Waals surface area contributed by atoms with E-state index in [4.69, 9.17) is 20.1 Å². The number of hydrogen-bond acceptors (Lipinski definition) is 5. The zero-order valence-electron chi connectivity index (χ0n) is 7.81. The van der Waals surface area contributed by atoms with Crippen molar-refractivity contribution in [3.05, 3.63) is 12.7 Å². The van der Waals surface area contributed by atoms with Gasteiger partial charge in [-0.2, -0.15) is 8.42 Å². The van der Waals surface area contributed by atoms with Crippen LogP contribution < -0.4 is 5.73 Å². The second kappa shape index (κ2) is 7.94. The summed E-state index contributed by atoms with van der Waals surface area (Å²) in [4.78, 5) is 16.0. The summed E-state index contributed by atoms with van der Waals surface area (Å²) in [5.41, 5.74) is 4.78. The van der Waals surface area contributed by atoms with Crippen molar-refractivity contribution < 1.29 is 31.8 Å². The Labute approximate surface area is 87.7 Å². The standard InChI is InChI=1S/C3H7O4P.C2H7NO3S/c1-2-3-7-8(4,5)6;3-1-2-7(4,5)6/h2H,1,3H2,(H2,4,5,6);1-3H2,(H,4,5,6). The Morgan fingerprint density at radius 1 is 1.47 bits per heavy atom. The zero-order chi connectivity index (χ0) is 12.5. The van der Waals surface area contributed by atoms with Gasteiger partial charge in [-0.15, -0.1) is 6.58 Å². The maximum Gasteiger partial charge on any atom is 0.469 e. The SMILES string of the molecule is C=CCOP(=O)(O)O.NCCS(=O)(=O)O. The first-order chi connectivity index (χ1) is 6.62. The molecule has 0 aromatic heterocycles. The Morgan fingerprint density at radius 3 is 2.00 bits per heavy atom. The third-order valence-corrected chi connectivity index (χ3v) is 1.97. The Morgan fingerprint density at radius 2 is 1.93 bits per heavy atom. The van der Waals surface area contributed by atoms with Gasteiger partial charge in [0.1, 0.15) is 0 Å². The Kier molecular flexibility index (Phi) is 9.07. The second-order valence-electron chi connectivity index (χ2n) is 2.15. The van der Waals surface area contributed by atoms with E-state index in [9.17, 15) is 13.0 Å². The number of hydrogen-bond donors (Lipinski definition) is 4. The van der Waals surface area contributed by atoms with Gasteiger partial charge in [-0.3, -0.25) is 9.08 Å². The fourth-order valence-corrected chi connectivity index (χ4v) is 0.896. The molecule has 0 amide bonds. The molecule has 0 aromatic rings. The van der Waals surface area contributed by atoms with E-state index in [2.05, 4.69) is 11.1 Å². The molecule has 15 heavy (non-hydrogen) atoms. The molecule has 0 bridgehead atoms. The highest BCUT2D eigenvalue weighted by Crippen LogP contribution is 2.35. The normalized spacial score (nSPS) is 11.5. The lowest BCUT2D eigenvalue weighted by atomic mass is 10.7. The second-order valence-corrected chi connectivity index (χ2v) is 4.96. The molecule has 10 heteroatoms. The van der Waals surface area contributed by atoms with Gasteiger partial charge in [0.25, 0.3) is 10.1 Å². The molecule has 0 saturated heterocycles. The molecular weight excluding hydrogens is 249 g/mol. The van der Waals surface area contributed by atoms with Crippen molar-refractivity contribution in [3.63, 3.8) is 0 Å². The maximum absolute atomic E-state index is 9.81. The third kappa shape index (κ3) is 24.8. The lowest BCUT2D eigenvalue weighted by Crippen LogP contribution is -2.13. The summed E-state index contributed by atoms with van der Waals surface area (Å²) < 4.78 is 41.1. The molecule has 5 N–H and O–H groups in total. The van der Waals surface area contributed by atoms with Crippen LogP contribution in [0.5, 0.6) is 0 Å². The zero-order valence-corrected chi connectivity index (χ0v) is 9.52. The first-order valence-corrected chi connectivity index (χ1v) is 6.72. The molecule has 0 aromatic carbocycles. The highest BCUT2D eigenvalue weighted by molar-refractivity contribution is 7.85. The van der Waals surface area contributed by atoms with Crippen LogP contribution in [0.2, 0.25) is 0 Å². The first-order valence-electron chi connectivity index (χ1n) is 3.58. The molecule has 0 rings (SSSR count). The fraction of sp³-hybridized carbons (Fsp3) is 0.600. The van der Waals surface area contributed by atoms with Gasteiger partial charge in [0.2, 0.25) is 0 Å². The van der Waals surface area contributed by atoms with Crippen molar-refractivity contribution in [1.82, 2.24) is 0 Å². The molecule has 0 radical (unpaired) electrons. The Hall–Kier alpha value is -0.280. The topological polar surface area (TPSA) is 147 Å². The smallest absolute Gasteiger partial charge is 0.329 e. The molecule has 92 valence electrons. The average molecular weight is 263 g/mol. The van der Waals surface area contributed by atoms with Crippen LogP contribution in [-0.2, 0) is 19.2 Å². The number of nitrogens with two attached hydrogens (primary N) is 1. The van der Waals surface area contributed by atoms with Gasteiger partial charge in [-0.05, 0) is 0 Å². The molecule has 0 aliphatic carbocycles. The minimum absolute atomic E-state index is 0.0289. The molecular formula is C5H14NO7PS. The van der Waals surface area contributed by atoms with E-state index in [1.54, 1.807) is 0 Å². The molecule has 0 aliphatic rings.